The summed E-state index contributed by atoms with van der Waals surface area (Å²) in [6, 6.07) is 9.72. The van der Waals surface area contributed by atoms with Gasteiger partial charge >= 0.3 is 5.97 Å². The highest BCUT2D eigenvalue weighted by atomic mass is 16.5. The van der Waals surface area contributed by atoms with Crippen LogP contribution in [0, 0.1) is 0 Å². The topological polar surface area (TPSA) is 90.9 Å². The van der Waals surface area contributed by atoms with Crippen LogP contribution in [-0.2, 0) is 16.0 Å². The second-order valence-corrected chi connectivity index (χ2v) is 5.99. The van der Waals surface area contributed by atoms with Crippen LogP contribution in [0.5, 0.6) is 11.5 Å². The Kier molecular flexibility index (Phi) is 5.40. The van der Waals surface area contributed by atoms with Crippen LogP contribution in [0.1, 0.15) is 32.7 Å². The van der Waals surface area contributed by atoms with Crippen LogP contribution in [0.3, 0.4) is 0 Å². The van der Waals surface area contributed by atoms with Gasteiger partial charge in [0.2, 0.25) is 11.7 Å². The van der Waals surface area contributed by atoms with Crippen LogP contribution in [0.2, 0.25) is 0 Å². The summed E-state index contributed by atoms with van der Waals surface area (Å²) in [5.41, 5.74) is 2.16. The second-order valence-electron chi connectivity index (χ2n) is 5.99. The lowest BCUT2D eigenvalue weighted by Crippen LogP contribution is -2.20. The molecule has 0 unspecified atom stereocenters. The van der Waals surface area contributed by atoms with Crippen molar-refractivity contribution in [2.75, 3.05) is 26.1 Å². The highest BCUT2D eigenvalue weighted by Gasteiger charge is 2.19. The molecule has 1 heterocycles. The molecule has 0 saturated carbocycles. The van der Waals surface area contributed by atoms with Crippen LogP contribution >= 0.6 is 0 Å². The molecule has 1 aliphatic rings. The highest BCUT2D eigenvalue weighted by molar-refractivity contribution is 6.02. The number of nitrogens with one attached hydrogen (secondary N) is 1. The number of amides is 1. The number of hydrogen-bond donors (Lipinski definition) is 1. The molecular formula is C20H19NO6. The zero-order chi connectivity index (χ0) is 19.4. The first-order valence-corrected chi connectivity index (χ1v) is 8.37. The Morgan fingerprint density at radius 1 is 1.04 bits per heavy atom. The number of carbonyl (C=O) groups is 3. The van der Waals surface area contributed by atoms with Crippen LogP contribution < -0.4 is 14.8 Å². The van der Waals surface area contributed by atoms with Gasteiger partial charge in [-0.05, 0) is 48.4 Å². The lowest BCUT2D eigenvalue weighted by molar-refractivity contribution is -0.116. The van der Waals surface area contributed by atoms with E-state index in [-0.39, 0.29) is 11.5 Å². The van der Waals surface area contributed by atoms with E-state index in [1.54, 1.807) is 30.3 Å². The summed E-state index contributed by atoms with van der Waals surface area (Å²) in [7, 11) is 2.95. The van der Waals surface area contributed by atoms with Crippen LogP contribution in [0.15, 0.2) is 36.4 Å². The maximum Gasteiger partial charge on any atom is 0.338 e. The van der Waals surface area contributed by atoms with Crippen molar-refractivity contribution in [1.29, 1.82) is 0 Å². The maximum absolute atomic E-state index is 12.4. The van der Waals surface area contributed by atoms with Gasteiger partial charge in [-0.1, -0.05) is 0 Å². The third-order valence-electron chi connectivity index (χ3n) is 4.28. The first-order valence-electron chi connectivity index (χ1n) is 8.37. The molecule has 7 heteroatoms. The Bertz CT molecular complexity index is 905. The summed E-state index contributed by atoms with van der Waals surface area (Å²) in [6.45, 7) is -0.420. The van der Waals surface area contributed by atoms with Gasteiger partial charge in [0, 0.05) is 12.1 Å². The van der Waals surface area contributed by atoms with Crippen molar-refractivity contribution in [3.05, 3.63) is 53.1 Å². The first kappa shape index (κ1) is 18.4. The number of ether oxygens (including phenoxy) is 3. The Morgan fingerprint density at radius 2 is 1.85 bits per heavy atom. The third-order valence-corrected chi connectivity index (χ3v) is 4.28. The van der Waals surface area contributed by atoms with Gasteiger partial charge in [-0.3, -0.25) is 9.59 Å². The van der Waals surface area contributed by atoms with Gasteiger partial charge in [0.25, 0.3) is 0 Å². The standard InChI is InChI=1S/C20H19NO6/c1-25-14-5-7-18(26-2)15(10-14)17(22)11-27-20(24)13-3-6-16-12(9-13)4-8-19(23)21-16/h3,5-7,9-10H,4,8,11H2,1-2H3,(H,21,23). The molecule has 3 rings (SSSR count). The Hall–Kier alpha value is -3.35. The fraction of sp³-hybridized carbons (Fsp3) is 0.250. The number of methoxy groups -OCH3 is 2. The number of hydrogen-bond acceptors (Lipinski definition) is 6. The van der Waals surface area contributed by atoms with E-state index in [9.17, 15) is 14.4 Å². The Morgan fingerprint density at radius 3 is 2.59 bits per heavy atom. The van der Waals surface area contributed by atoms with E-state index in [0.717, 1.165) is 5.56 Å². The predicted octanol–water partition coefficient (Wildman–Crippen LogP) is 2.63. The molecule has 0 radical (unpaired) electrons. The lowest BCUT2D eigenvalue weighted by Gasteiger charge is -2.17. The van der Waals surface area contributed by atoms with E-state index < -0.39 is 18.4 Å². The van der Waals surface area contributed by atoms with Gasteiger partial charge < -0.3 is 19.5 Å². The van der Waals surface area contributed by atoms with Crippen molar-refractivity contribution >= 4 is 23.3 Å². The lowest BCUT2D eigenvalue weighted by atomic mass is 10.0. The van der Waals surface area contributed by atoms with Gasteiger partial charge in [-0.15, -0.1) is 0 Å². The minimum Gasteiger partial charge on any atom is -0.497 e. The summed E-state index contributed by atoms with van der Waals surface area (Å²) in [6.07, 6.45) is 0.932. The van der Waals surface area contributed by atoms with Crippen molar-refractivity contribution in [2.24, 2.45) is 0 Å². The average Bonchev–Trinajstić information content (AvgIpc) is 2.70. The summed E-state index contributed by atoms with van der Waals surface area (Å²) in [5.74, 6) is -0.173. The summed E-state index contributed by atoms with van der Waals surface area (Å²) in [4.78, 5) is 36.1. The minimum atomic E-state index is -0.607. The molecule has 7 nitrogen and oxygen atoms in total. The van der Waals surface area contributed by atoms with E-state index in [4.69, 9.17) is 14.2 Å². The minimum absolute atomic E-state index is 0.0457. The van der Waals surface area contributed by atoms with Crippen molar-refractivity contribution in [2.45, 2.75) is 12.8 Å². The number of carbonyl (C=O) groups excluding carboxylic acids is 3. The number of Topliss-reactive ketones (excluding diaryl/α,β-unsaturated/α-hetero) is 1. The number of benzene rings is 2. The number of esters is 1. The van der Waals surface area contributed by atoms with E-state index in [0.29, 0.717) is 35.6 Å². The van der Waals surface area contributed by atoms with Gasteiger partial charge in [-0.2, -0.15) is 0 Å². The predicted molar refractivity (Wildman–Crippen MR) is 97.6 cm³/mol. The van der Waals surface area contributed by atoms with Crippen molar-refractivity contribution in [1.82, 2.24) is 0 Å². The molecular weight excluding hydrogens is 350 g/mol. The zero-order valence-electron chi connectivity index (χ0n) is 15.0. The maximum atomic E-state index is 12.4. The van der Waals surface area contributed by atoms with Crippen molar-refractivity contribution in [3.63, 3.8) is 0 Å². The number of rotatable bonds is 6. The summed E-state index contributed by atoms with van der Waals surface area (Å²) >= 11 is 0. The number of ketones is 1. The third kappa shape index (κ3) is 4.08. The molecule has 0 aliphatic carbocycles. The van der Waals surface area contributed by atoms with Crippen molar-refractivity contribution < 1.29 is 28.6 Å². The Balaban J connectivity index is 1.69. The monoisotopic (exact) mass is 369 g/mol. The first-order chi connectivity index (χ1) is 13.0. The molecule has 0 bridgehead atoms. The van der Waals surface area contributed by atoms with E-state index in [1.165, 1.54) is 20.3 Å². The summed E-state index contributed by atoms with van der Waals surface area (Å²) in [5, 5.41) is 2.75. The molecule has 1 aliphatic heterocycles. The smallest absolute Gasteiger partial charge is 0.338 e. The molecule has 2 aromatic rings. The fourth-order valence-electron chi connectivity index (χ4n) is 2.83. The molecule has 0 fully saturated rings. The Labute approximate surface area is 156 Å². The molecule has 0 spiro atoms. The van der Waals surface area contributed by atoms with Crippen LogP contribution in [0.4, 0.5) is 5.69 Å². The van der Waals surface area contributed by atoms with Gasteiger partial charge in [0.15, 0.2) is 6.61 Å². The highest BCUT2D eigenvalue weighted by Crippen LogP contribution is 2.25. The molecule has 1 amide bonds. The van der Waals surface area contributed by atoms with Crippen LogP contribution in [-0.4, -0.2) is 38.5 Å². The van der Waals surface area contributed by atoms with E-state index in [2.05, 4.69) is 5.32 Å². The quantitative estimate of drug-likeness (QED) is 0.622. The molecule has 140 valence electrons. The zero-order valence-corrected chi connectivity index (χ0v) is 15.0. The fourth-order valence-corrected chi connectivity index (χ4v) is 2.83. The molecule has 2 aromatic carbocycles. The average molecular weight is 369 g/mol. The van der Waals surface area contributed by atoms with Gasteiger partial charge in [-0.25, -0.2) is 4.79 Å². The molecule has 0 atom stereocenters. The summed E-state index contributed by atoms with van der Waals surface area (Å²) < 4.78 is 15.4. The second kappa shape index (κ2) is 7.90. The molecule has 1 N–H and O–H groups in total. The normalized spacial score (nSPS) is 12.6. The van der Waals surface area contributed by atoms with Crippen LogP contribution in [0.25, 0.3) is 0 Å². The molecule has 0 aromatic heterocycles. The van der Waals surface area contributed by atoms with Crippen molar-refractivity contribution in [3.8, 4) is 11.5 Å². The number of aryl methyl sites for hydroxylation is 1. The number of anilines is 1. The van der Waals surface area contributed by atoms with Gasteiger partial charge in [0.1, 0.15) is 11.5 Å². The van der Waals surface area contributed by atoms with E-state index in [1.807, 2.05) is 0 Å². The molecule has 0 saturated heterocycles. The SMILES string of the molecule is COc1ccc(OC)c(C(=O)COC(=O)c2ccc3c(c2)CCC(=O)N3)c1. The largest absolute Gasteiger partial charge is 0.497 e. The van der Waals surface area contributed by atoms with E-state index >= 15 is 0 Å². The molecule has 27 heavy (non-hydrogen) atoms. The van der Waals surface area contributed by atoms with Gasteiger partial charge in [0.05, 0.1) is 25.3 Å². The number of fused-ring (bicyclic) bond motifs is 1.